The van der Waals surface area contributed by atoms with Crippen LogP contribution in [0.5, 0.6) is 0 Å². The molecule has 12 heavy (non-hydrogen) atoms. The fraction of sp³-hybridized carbons (Fsp3) is 0.429. The van der Waals surface area contributed by atoms with Crippen LogP contribution in [0.15, 0.2) is 23.8 Å². The molecule has 1 rings (SSSR count). The number of hydrogen-bond donors (Lipinski definition) is 0. The van der Waals surface area contributed by atoms with Crippen molar-refractivity contribution in [3.63, 3.8) is 0 Å². The average molecular weight is 201 g/mol. The largest absolute Gasteiger partial charge is 0.412 e. The highest BCUT2D eigenvalue weighted by Crippen LogP contribution is 2.38. The molecule has 0 nitrogen and oxygen atoms in total. The van der Waals surface area contributed by atoms with Crippen LogP contribution >= 0.6 is 11.6 Å². The molecule has 1 aliphatic rings. The van der Waals surface area contributed by atoms with E-state index in [1.807, 2.05) is 0 Å². The molecule has 0 saturated heterocycles. The second-order valence-corrected chi connectivity index (χ2v) is 3.11. The Bertz CT molecular complexity index is 236. The summed E-state index contributed by atoms with van der Waals surface area (Å²) in [5.41, 5.74) is -0.942. The van der Waals surface area contributed by atoms with Crippen molar-refractivity contribution in [2.75, 3.05) is 0 Å². The van der Waals surface area contributed by atoms with Gasteiger partial charge in [-0.05, 0) is 6.08 Å². The van der Waals surface area contributed by atoms with Gasteiger partial charge in [0.05, 0.1) is 0 Å². The number of halogens is 5. The van der Waals surface area contributed by atoms with Gasteiger partial charge in [0.15, 0.2) is 0 Å². The zero-order valence-corrected chi connectivity index (χ0v) is 6.58. The Morgan fingerprint density at radius 1 is 1.42 bits per heavy atom. The zero-order valence-electron chi connectivity index (χ0n) is 5.83. The molecule has 68 valence electrons. The molecule has 0 fully saturated rings. The van der Waals surface area contributed by atoms with Gasteiger partial charge in [-0.2, -0.15) is 13.2 Å². The summed E-state index contributed by atoms with van der Waals surface area (Å²) in [6, 6.07) is 0. The van der Waals surface area contributed by atoms with E-state index in [1.54, 1.807) is 0 Å². The van der Waals surface area contributed by atoms with Crippen molar-refractivity contribution in [2.24, 2.45) is 0 Å². The standard InChI is InChI=1S/C7H5ClF4/c8-6(9)3-1-2-5(4-6)7(10,11)12/h1-3H,4H2. The Morgan fingerprint density at radius 2 is 2.00 bits per heavy atom. The van der Waals surface area contributed by atoms with Crippen molar-refractivity contribution in [3.8, 4) is 0 Å². The predicted octanol–water partition coefficient (Wildman–Crippen LogP) is 3.34. The summed E-state index contributed by atoms with van der Waals surface area (Å²) in [7, 11) is 0. The molecule has 5 heteroatoms. The molecule has 0 spiro atoms. The Labute approximate surface area is 71.5 Å². The lowest BCUT2D eigenvalue weighted by molar-refractivity contribution is -0.0960. The first kappa shape index (κ1) is 9.58. The average Bonchev–Trinajstić information content (AvgIpc) is 1.83. The second kappa shape index (κ2) is 2.76. The van der Waals surface area contributed by atoms with Gasteiger partial charge >= 0.3 is 6.18 Å². The van der Waals surface area contributed by atoms with Gasteiger partial charge in [-0.1, -0.05) is 23.8 Å². The maximum absolute atomic E-state index is 12.8. The van der Waals surface area contributed by atoms with E-state index in [0.29, 0.717) is 0 Å². The van der Waals surface area contributed by atoms with E-state index in [4.69, 9.17) is 11.6 Å². The maximum Gasteiger partial charge on any atom is 0.412 e. The van der Waals surface area contributed by atoms with Crippen LogP contribution in [0, 0.1) is 0 Å². The van der Waals surface area contributed by atoms with E-state index in [0.717, 1.165) is 18.2 Å². The molecule has 1 atom stereocenters. The van der Waals surface area contributed by atoms with Gasteiger partial charge in [-0.3, -0.25) is 0 Å². The first-order valence-corrected chi connectivity index (χ1v) is 3.52. The summed E-state index contributed by atoms with van der Waals surface area (Å²) in [6.45, 7) is 0. The van der Waals surface area contributed by atoms with Gasteiger partial charge in [-0.15, -0.1) is 0 Å². The summed E-state index contributed by atoms with van der Waals surface area (Å²) in [4.78, 5) is 0. The SMILES string of the molecule is FC1(Cl)C=CC=C(C(F)(F)F)C1. The van der Waals surface area contributed by atoms with Crippen LogP contribution in [0.3, 0.4) is 0 Å². The van der Waals surface area contributed by atoms with Crippen molar-refractivity contribution < 1.29 is 17.6 Å². The third kappa shape index (κ3) is 2.24. The van der Waals surface area contributed by atoms with Gasteiger partial charge in [0, 0.05) is 12.0 Å². The third-order valence-corrected chi connectivity index (χ3v) is 1.69. The fourth-order valence-electron chi connectivity index (χ4n) is 0.872. The Balaban J connectivity index is 2.84. The predicted molar refractivity (Wildman–Crippen MR) is 37.6 cm³/mol. The van der Waals surface area contributed by atoms with Crippen LogP contribution in [0.2, 0.25) is 0 Å². The first-order chi connectivity index (χ1) is 5.31. The second-order valence-electron chi connectivity index (χ2n) is 2.49. The lowest BCUT2D eigenvalue weighted by atomic mass is 10.0. The van der Waals surface area contributed by atoms with E-state index in [1.165, 1.54) is 0 Å². The van der Waals surface area contributed by atoms with Crippen LogP contribution in [-0.2, 0) is 0 Å². The fourth-order valence-corrected chi connectivity index (χ4v) is 1.09. The van der Waals surface area contributed by atoms with Crippen molar-refractivity contribution >= 4 is 11.6 Å². The number of rotatable bonds is 0. The van der Waals surface area contributed by atoms with Gasteiger partial charge in [0.25, 0.3) is 0 Å². The lowest BCUT2D eigenvalue weighted by Crippen LogP contribution is -2.22. The number of alkyl halides is 5. The highest BCUT2D eigenvalue weighted by Gasteiger charge is 2.40. The van der Waals surface area contributed by atoms with E-state index < -0.39 is 23.3 Å². The lowest BCUT2D eigenvalue weighted by Gasteiger charge is -2.20. The highest BCUT2D eigenvalue weighted by molar-refractivity contribution is 6.24. The molecule has 0 radical (unpaired) electrons. The smallest absolute Gasteiger partial charge is 0.221 e. The van der Waals surface area contributed by atoms with Crippen LogP contribution in [0.4, 0.5) is 17.6 Å². The molecule has 1 unspecified atom stereocenters. The van der Waals surface area contributed by atoms with Gasteiger partial charge in [-0.25, -0.2) is 4.39 Å². The van der Waals surface area contributed by atoms with Crippen LogP contribution in [0.1, 0.15) is 6.42 Å². The zero-order chi connectivity index (χ0) is 9.41. The molecule has 0 aliphatic heterocycles. The molecule has 0 aromatic heterocycles. The van der Waals surface area contributed by atoms with Gasteiger partial charge in [0.2, 0.25) is 5.13 Å². The van der Waals surface area contributed by atoms with E-state index in [-0.39, 0.29) is 0 Å². The maximum atomic E-state index is 12.8. The van der Waals surface area contributed by atoms with Crippen molar-refractivity contribution in [3.05, 3.63) is 23.8 Å². The summed E-state index contributed by atoms with van der Waals surface area (Å²) in [5, 5.41) is -2.39. The summed E-state index contributed by atoms with van der Waals surface area (Å²) in [6.07, 6.45) is -2.63. The molecule has 0 N–H and O–H groups in total. The van der Waals surface area contributed by atoms with E-state index >= 15 is 0 Å². The van der Waals surface area contributed by atoms with Gasteiger partial charge < -0.3 is 0 Å². The normalized spacial score (nSPS) is 30.2. The van der Waals surface area contributed by atoms with Crippen molar-refractivity contribution in [1.82, 2.24) is 0 Å². The molecule has 0 heterocycles. The van der Waals surface area contributed by atoms with Crippen molar-refractivity contribution in [2.45, 2.75) is 17.7 Å². The summed E-state index contributed by atoms with van der Waals surface area (Å²) < 4.78 is 48.7. The van der Waals surface area contributed by atoms with Crippen LogP contribution in [0.25, 0.3) is 0 Å². The number of hydrogen-bond acceptors (Lipinski definition) is 0. The van der Waals surface area contributed by atoms with Crippen LogP contribution in [-0.4, -0.2) is 11.3 Å². The summed E-state index contributed by atoms with van der Waals surface area (Å²) in [5.74, 6) is 0. The Hall–Kier alpha value is -0.510. The summed E-state index contributed by atoms with van der Waals surface area (Å²) >= 11 is 5.08. The molecule has 0 saturated carbocycles. The Kier molecular flexibility index (Phi) is 2.21. The molecular weight excluding hydrogens is 196 g/mol. The topological polar surface area (TPSA) is 0 Å². The highest BCUT2D eigenvalue weighted by atomic mass is 35.5. The molecular formula is C7H5ClF4. The number of allylic oxidation sites excluding steroid dienone is 4. The van der Waals surface area contributed by atoms with Crippen LogP contribution < -0.4 is 0 Å². The minimum Gasteiger partial charge on any atom is -0.221 e. The first-order valence-electron chi connectivity index (χ1n) is 3.15. The van der Waals surface area contributed by atoms with E-state index in [9.17, 15) is 17.6 Å². The van der Waals surface area contributed by atoms with Crippen molar-refractivity contribution in [1.29, 1.82) is 0 Å². The molecule has 0 aromatic carbocycles. The Morgan fingerprint density at radius 3 is 2.33 bits per heavy atom. The minimum atomic E-state index is -4.49. The quantitative estimate of drug-likeness (QED) is 0.416. The molecule has 0 aromatic rings. The third-order valence-electron chi connectivity index (χ3n) is 1.43. The van der Waals surface area contributed by atoms with Gasteiger partial charge in [0.1, 0.15) is 0 Å². The minimum absolute atomic E-state index is 0.820. The molecule has 0 bridgehead atoms. The monoisotopic (exact) mass is 200 g/mol. The molecule has 1 aliphatic carbocycles. The molecule has 0 amide bonds. The van der Waals surface area contributed by atoms with E-state index in [2.05, 4.69) is 0 Å².